The summed E-state index contributed by atoms with van der Waals surface area (Å²) in [5.41, 5.74) is 0.911. The van der Waals surface area contributed by atoms with Gasteiger partial charge < -0.3 is 33.8 Å². The number of benzene rings is 1. The molecule has 1 aromatic carbocycles. The normalized spacial score (nSPS) is 18.9. The van der Waals surface area contributed by atoms with Crippen LogP contribution in [0.1, 0.15) is 27.3 Å². The van der Waals surface area contributed by atoms with E-state index in [1.165, 1.54) is 32.0 Å². The van der Waals surface area contributed by atoms with Gasteiger partial charge in [-0.2, -0.15) is 0 Å². The molecule has 1 aliphatic rings. The van der Waals surface area contributed by atoms with Crippen molar-refractivity contribution in [1.82, 2.24) is 0 Å². The number of ether oxygens (including phenoxy) is 3. The molecule has 0 spiro atoms. The summed E-state index contributed by atoms with van der Waals surface area (Å²) in [6.45, 7) is 0.0972. The van der Waals surface area contributed by atoms with Crippen LogP contribution >= 0.6 is 11.8 Å². The first-order valence-electron chi connectivity index (χ1n) is 8.17. The van der Waals surface area contributed by atoms with Crippen LogP contribution in [0.25, 0.3) is 0 Å². The van der Waals surface area contributed by atoms with Crippen molar-refractivity contribution in [2.75, 3.05) is 20.0 Å². The van der Waals surface area contributed by atoms with Crippen LogP contribution in [-0.2, 0) is 16.1 Å². The summed E-state index contributed by atoms with van der Waals surface area (Å²) in [7, 11) is 2.81. The van der Waals surface area contributed by atoms with E-state index in [2.05, 4.69) is 4.74 Å². The van der Waals surface area contributed by atoms with E-state index >= 15 is 0 Å². The lowest BCUT2D eigenvalue weighted by atomic mass is 10.2. The Kier molecular flexibility index (Phi) is 5.92. The minimum atomic E-state index is -1.06. The van der Waals surface area contributed by atoms with Gasteiger partial charge in [0.05, 0.1) is 20.0 Å². The summed E-state index contributed by atoms with van der Waals surface area (Å²) in [6.07, 6.45) is 0. The second-order valence-corrected chi connectivity index (χ2v) is 7.00. The van der Waals surface area contributed by atoms with Gasteiger partial charge in [-0.1, -0.05) is 11.8 Å². The van der Waals surface area contributed by atoms with Gasteiger partial charge in [-0.3, -0.25) is 0 Å². The molecular weight excluding hydrogens is 374 g/mol. The third-order valence-corrected chi connectivity index (χ3v) is 5.44. The van der Waals surface area contributed by atoms with Gasteiger partial charge in [0, 0.05) is 5.56 Å². The second kappa shape index (κ2) is 8.36. The number of methoxy groups -OCH3 is 2. The predicted molar refractivity (Wildman–Crippen MR) is 93.3 cm³/mol. The highest BCUT2D eigenvalue weighted by molar-refractivity contribution is 7.99. The third-order valence-electron chi connectivity index (χ3n) is 4.10. The third kappa shape index (κ3) is 4.37. The first-order valence-corrected chi connectivity index (χ1v) is 9.22. The molecule has 2 N–H and O–H groups in total. The lowest BCUT2D eigenvalue weighted by molar-refractivity contribution is -0.690. The number of carboxylic acids is 1. The van der Waals surface area contributed by atoms with Crippen molar-refractivity contribution in [1.29, 1.82) is 0 Å². The topological polar surface area (TPSA) is 115 Å². The number of quaternary nitrogens is 1. The molecule has 9 heteroatoms. The van der Waals surface area contributed by atoms with Crippen LogP contribution in [0.2, 0.25) is 0 Å². The fraction of sp³-hybridized carbons (Fsp3) is 0.333. The molecule has 0 aliphatic carbocycles. The number of nitrogens with two attached hydrogens (primary N) is 1. The fourth-order valence-corrected chi connectivity index (χ4v) is 3.98. The quantitative estimate of drug-likeness (QED) is 0.658. The van der Waals surface area contributed by atoms with Crippen LogP contribution < -0.4 is 19.9 Å². The monoisotopic (exact) mass is 393 g/mol. The fourth-order valence-electron chi connectivity index (χ4n) is 2.68. The van der Waals surface area contributed by atoms with Crippen molar-refractivity contribution in [3.05, 3.63) is 47.4 Å². The van der Waals surface area contributed by atoms with Crippen LogP contribution in [0.3, 0.4) is 0 Å². The molecule has 0 amide bonds. The van der Waals surface area contributed by atoms with E-state index < -0.39 is 18.0 Å². The molecule has 0 unspecified atom stereocenters. The van der Waals surface area contributed by atoms with E-state index in [4.69, 9.17) is 13.9 Å². The highest BCUT2D eigenvalue weighted by Crippen LogP contribution is 2.34. The highest BCUT2D eigenvalue weighted by atomic mass is 32.2. The summed E-state index contributed by atoms with van der Waals surface area (Å²) in [5, 5.41) is 12.7. The summed E-state index contributed by atoms with van der Waals surface area (Å²) in [6, 6.07) is 8.05. The second-order valence-electron chi connectivity index (χ2n) is 5.83. The zero-order chi connectivity index (χ0) is 19.4. The van der Waals surface area contributed by atoms with Crippen molar-refractivity contribution in [2.24, 2.45) is 0 Å². The Bertz CT molecular complexity index is 835. The molecule has 0 bridgehead atoms. The molecule has 2 heterocycles. The molecule has 0 saturated carbocycles. The Labute approximate surface area is 159 Å². The van der Waals surface area contributed by atoms with Gasteiger partial charge in [-0.25, -0.2) is 4.79 Å². The first kappa shape index (κ1) is 19.1. The van der Waals surface area contributed by atoms with Crippen molar-refractivity contribution >= 4 is 23.7 Å². The number of hydrogen-bond acceptors (Lipinski definition) is 8. The Morgan fingerprint density at radius 2 is 2.07 bits per heavy atom. The summed E-state index contributed by atoms with van der Waals surface area (Å²) >= 11 is 1.53. The SMILES string of the molecule is COC(=O)c1ccc(COc2cc([C@H]3[NH2+][C@@H](C(=O)[O-])CS3)ccc2OC)o1. The Morgan fingerprint density at radius 3 is 2.74 bits per heavy atom. The average molecular weight is 393 g/mol. The number of carbonyl (C=O) groups excluding carboxylic acids is 2. The predicted octanol–water partition coefficient (Wildman–Crippen LogP) is 0.0811. The summed E-state index contributed by atoms with van der Waals surface area (Å²) in [5.74, 6) is 0.461. The smallest absolute Gasteiger partial charge is 0.373 e. The molecule has 144 valence electrons. The zero-order valence-corrected chi connectivity index (χ0v) is 15.6. The maximum Gasteiger partial charge on any atom is 0.373 e. The number of carboxylic acid groups (broad SMARTS) is 1. The Morgan fingerprint density at radius 1 is 1.26 bits per heavy atom. The molecule has 2 aromatic rings. The molecule has 3 rings (SSSR count). The van der Waals surface area contributed by atoms with Gasteiger partial charge in [-0.15, -0.1) is 0 Å². The van der Waals surface area contributed by atoms with Crippen LogP contribution in [0.5, 0.6) is 11.5 Å². The molecule has 2 atom stereocenters. The van der Waals surface area contributed by atoms with E-state index in [0.29, 0.717) is 23.0 Å². The molecule has 0 radical (unpaired) electrons. The van der Waals surface area contributed by atoms with E-state index in [1.807, 2.05) is 12.1 Å². The van der Waals surface area contributed by atoms with Gasteiger partial charge in [-0.05, 0) is 30.3 Å². The van der Waals surface area contributed by atoms with E-state index in [0.717, 1.165) is 5.56 Å². The number of aliphatic carboxylic acids is 1. The Hall–Kier alpha value is -2.65. The van der Waals surface area contributed by atoms with Gasteiger partial charge in [0.2, 0.25) is 5.76 Å². The average Bonchev–Trinajstić information content (AvgIpc) is 3.35. The van der Waals surface area contributed by atoms with E-state index in [-0.39, 0.29) is 17.7 Å². The standard InChI is InChI=1S/C18H19NO7S/c1-23-13-5-3-10(16-19-12(9-27-16)17(20)21)7-15(13)25-8-11-4-6-14(26-11)18(22)24-2/h3-7,12,16,19H,8-9H2,1-2H3,(H,20,21)/t12-,16+/m1/s1. The van der Waals surface area contributed by atoms with Crippen molar-refractivity contribution in [3.63, 3.8) is 0 Å². The molecule has 8 nitrogen and oxygen atoms in total. The Balaban J connectivity index is 1.71. The molecule has 1 saturated heterocycles. The maximum absolute atomic E-state index is 11.4. The lowest BCUT2D eigenvalue weighted by Gasteiger charge is -2.14. The highest BCUT2D eigenvalue weighted by Gasteiger charge is 2.31. The van der Waals surface area contributed by atoms with Crippen LogP contribution in [0, 0.1) is 0 Å². The van der Waals surface area contributed by atoms with Gasteiger partial charge in [0.15, 0.2) is 16.9 Å². The van der Waals surface area contributed by atoms with E-state index in [1.54, 1.807) is 17.4 Å². The number of thioether (sulfide) groups is 1. The number of hydrogen-bond donors (Lipinski definition) is 1. The molecule has 1 aromatic heterocycles. The lowest BCUT2D eigenvalue weighted by Crippen LogP contribution is -2.90. The molecule has 1 fully saturated rings. The number of furan rings is 1. The van der Waals surface area contributed by atoms with Crippen LogP contribution in [-0.4, -0.2) is 38.0 Å². The van der Waals surface area contributed by atoms with Gasteiger partial charge >= 0.3 is 5.97 Å². The molecule has 27 heavy (non-hydrogen) atoms. The number of rotatable bonds is 7. The minimum Gasteiger partial charge on any atom is -0.544 e. The maximum atomic E-state index is 11.4. The number of esters is 1. The van der Waals surface area contributed by atoms with Gasteiger partial charge in [0.25, 0.3) is 0 Å². The van der Waals surface area contributed by atoms with Gasteiger partial charge in [0.1, 0.15) is 24.4 Å². The summed E-state index contributed by atoms with van der Waals surface area (Å²) in [4.78, 5) is 22.5. The van der Waals surface area contributed by atoms with Crippen molar-refractivity contribution in [2.45, 2.75) is 18.0 Å². The van der Waals surface area contributed by atoms with Crippen LogP contribution in [0.15, 0.2) is 34.7 Å². The zero-order valence-electron chi connectivity index (χ0n) is 14.8. The molecule has 1 aliphatic heterocycles. The summed E-state index contributed by atoms with van der Waals surface area (Å²) < 4.78 is 21.1. The van der Waals surface area contributed by atoms with Crippen LogP contribution in [0.4, 0.5) is 0 Å². The number of carbonyl (C=O) groups is 2. The minimum absolute atomic E-state index is 0.0595. The van der Waals surface area contributed by atoms with Crippen molar-refractivity contribution < 1.29 is 38.6 Å². The van der Waals surface area contributed by atoms with E-state index in [9.17, 15) is 14.7 Å². The largest absolute Gasteiger partial charge is 0.544 e. The molecular formula is C18H19NO7S. The first-order chi connectivity index (χ1) is 13.0. The van der Waals surface area contributed by atoms with Crippen molar-refractivity contribution in [3.8, 4) is 11.5 Å².